The maximum atomic E-state index is 13.1. The molecule has 2 aromatic carbocycles. The van der Waals surface area contributed by atoms with Crippen LogP contribution >= 0.6 is 0 Å². The highest BCUT2D eigenvalue weighted by Gasteiger charge is 2.67. The van der Waals surface area contributed by atoms with Crippen molar-refractivity contribution >= 4 is 17.5 Å². The van der Waals surface area contributed by atoms with Crippen LogP contribution in [0.1, 0.15) is 12.0 Å². The van der Waals surface area contributed by atoms with Gasteiger partial charge in [-0.2, -0.15) is 0 Å². The fourth-order valence-corrected chi connectivity index (χ4v) is 5.64. The van der Waals surface area contributed by atoms with Gasteiger partial charge in [0.1, 0.15) is 12.4 Å². The lowest BCUT2D eigenvalue weighted by Gasteiger charge is -2.37. The number of rotatable bonds is 4. The number of ether oxygens (including phenoxy) is 1. The van der Waals surface area contributed by atoms with Crippen LogP contribution in [0.3, 0.4) is 0 Å². The number of carbonyl (C=O) groups is 2. The molecule has 4 nitrogen and oxygen atoms in total. The monoisotopic (exact) mass is 371 g/mol. The molecule has 4 heteroatoms. The van der Waals surface area contributed by atoms with Gasteiger partial charge in [-0.3, -0.25) is 14.5 Å². The zero-order valence-corrected chi connectivity index (χ0v) is 15.4. The number of amides is 2. The smallest absolute Gasteiger partial charge is 0.238 e. The molecule has 2 aromatic rings. The average Bonchev–Trinajstić information content (AvgIpc) is 3.52. The standard InChI is InChI=1S/C24H21NO3/c26-23-21-17-10-11-18(20-12-19(17)20)22(21)24(27)25(23)15-6-8-16(9-7-15)28-13-14-4-2-1-3-5-14/h1-11,17-22H,12-13H2. The van der Waals surface area contributed by atoms with Gasteiger partial charge in [-0.25, -0.2) is 0 Å². The molecule has 0 N–H and O–H groups in total. The number of hydrogen-bond donors (Lipinski definition) is 0. The van der Waals surface area contributed by atoms with Gasteiger partial charge in [0, 0.05) is 0 Å². The first kappa shape index (κ1) is 16.1. The van der Waals surface area contributed by atoms with Crippen LogP contribution in [0.2, 0.25) is 0 Å². The van der Waals surface area contributed by atoms with Gasteiger partial charge in [0.2, 0.25) is 11.8 Å². The minimum Gasteiger partial charge on any atom is -0.489 e. The first-order chi connectivity index (χ1) is 13.7. The summed E-state index contributed by atoms with van der Waals surface area (Å²) in [4.78, 5) is 27.7. The van der Waals surface area contributed by atoms with E-state index in [1.54, 1.807) is 0 Å². The number of anilines is 1. The van der Waals surface area contributed by atoms with E-state index in [1.807, 2.05) is 54.6 Å². The molecule has 140 valence electrons. The Balaban J connectivity index is 1.22. The number of allylic oxidation sites excluding steroid dienone is 2. The van der Waals surface area contributed by atoms with E-state index in [2.05, 4.69) is 12.2 Å². The zero-order chi connectivity index (χ0) is 18.8. The van der Waals surface area contributed by atoms with E-state index in [9.17, 15) is 9.59 Å². The summed E-state index contributed by atoms with van der Waals surface area (Å²) in [6.45, 7) is 0.490. The van der Waals surface area contributed by atoms with E-state index in [0.717, 1.165) is 11.3 Å². The largest absolute Gasteiger partial charge is 0.489 e. The van der Waals surface area contributed by atoms with Gasteiger partial charge < -0.3 is 4.74 Å². The van der Waals surface area contributed by atoms with Crippen molar-refractivity contribution in [2.45, 2.75) is 13.0 Å². The summed E-state index contributed by atoms with van der Waals surface area (Å²) < 4.78 is 5.82. The predicted molar refractivity (Wildman–Crippen MR) is 104 cm³/mol. The average molecular weight is 371 g/mol. The van der Waals surface area contributed by atoms with E-state index in [0.29, 0.717) is 24.1 Å². The summed E-state index contributed by atoms with van der Waals surface area (Å²) in [6, 6.07) is 17.3. The maximum absolute atomic E-state index is 13.1. The number of nitrogens with zero attached hydrogens (tertiary/aromatic N) is 1. The molecule has 0 radical (unpaired) electrons. The molecule has 1 heterocycles. The van der Waals surface area contributed by atoms with Crippen molar-refractivity contribution in [3.8, 4) is 5.75 Å². The highest BCUT2D eigenvalue weighted by molar-refractivity contribution is 6.22. The Morgan fingerprint density at radius 2 is 1.43 bits per heavy atom. The normalized spacial score (nSPS) is 34.4. The lowest BCUT2D eigenvalue weighted by Crippen LogP contribution is -2.40. The molecule has 0 spiro atoms. The fourth-order valence-electron chi connectivity index (χ4n) is 5.64. The van der Waals surface area contributed by atoms with E-state index in [-0.39, 0.29) is 35.5 Å². The quantitative estimate of drug-likeness (QED) is 0.606. The minimum atomic E-state index is -0.153. The number of hydrogen-bond acceptors (Lipinski definition) is 3. The Morgan fingerprint density at radius 1 is 0.821 bits per heavy atom. The van der Waals surface area contributed by atoms with E-state index in [4.69, 9.17) is 4.74 Å². The highest BCUT2D eigenvalue weighted by Crippen LogP contribution is 2.65. The maximum Gasteiger partial charge on any atom is 0.238 e. The molecule has 6 unspecified atom stereocenters. The van der Waals surface area contributed by atoms with E-state index in [1.165, 1.54) is 11.3 Å². The predicted octanol–water partition coefficient (Wildman–Crippen LogP) is 3.82. The molecule has 0 aromatic heterocycles. The first-order valence-electron chi connectivity index (χ1n) is 10.1. The van der Waals surface area contributed by atoms with Crippen molar-refractivity contribution in [2.24, 2.45) is 35.5 Å². The van der Waals surface area contributed by atoms with Crippen molar-refractivity contribution < 1.29 is 14.3 Å². The molecular formula is C24H21NO3. The Bertz CT molecular complexity index is 945. The summed E-state index contributed by atoms with van der Waals surface area (Å²) in [5.41, 5.74) is 1.76. The molecule has 1 saturated heterocycles. The molecule has 1 aliphatic heterocycles. The molecule has 2 amide bonds. The number of imide groups is 1. The van der Waals surface area contributed by atoms with Crippen LogP contribution < -0.4 is 9.64 Å². The van der Waals surface area contributed by atoms with Crippen molar-refractivity contribution in [1.29, 1.82) is 0 Å². The molecule has 4 aliphatic carbocycles. The fraction of sp³-hybridized carbons (Fsp3) is 0.333. The third-order valence-electron chi connectivity index (χ3n) is 7.01. The van der Waals surface area contributed by atoms with Gasteiger partial charge in [0.05, 0.1) is 17.5 Å². The van der Waals surface area contributed by atoms with Crippen molar-refractivity contribution in [3.05, 3.63) is 72.3 Å². The van der Waals surface area contributed by atoms with E-state index < -0.39 is 0 Å². The van der Waals surface area contributed by atoms with Crippen LogP contribution in [0, 0.1) is 35.5 Å². The molecule has 28 heavy (non-hydrogen) atoms. The van der Waals surface area contributed by atoms with Crippen molar-refractivity contribution in [1.82, 2.24) is 0 Å². The Hall–Kier alpha value is -2.88. The second-order valence-corrected chi connectivity index (χ2v) is 8.43. The number of carbonyl (C=O) groups excluding carboxylic acids is 2. The number of benzene rings is 2. The lowest BCUT2D eigenvalue weighted by atomic mass is 9.63. The Kier molecular flexibility index (Phi) is 3.34. The van der Waals surface area contributed by atoms with Crippen LogP contribution in [-0.2, 0) is 16.2 Å². The highest BCUT2D eigenvalue weighted by atomic mass is 16.5. The molecule has 5 aliphatic rings. The second-order valence-electron chi connectivity index (χ2n) is 8.43. The van der Waals surface area contributed by atoms with Crippen molar-refractivity contribution in [2.75, 3.05) is 4.90 Å². The third kappa shape index (κ3) is 2.24. The van der Waals surface area contributed by atoms with Gasteiger partial charge in [0.15, 0.2) is 0 Å². The summed E-state index contributed by atoms with van der Waals surface area (Å²) in [7, 11) is 0. The van der Waals surface area contributed by atoms with Gasteiger partial charge in [-0.15, -0.1) is 0 Å². The van der Waals surface area contributed by atoms with Crippen molar-refractivity contribution in [3.63, 3.8) is 0 Å². The molecule has 2 saturated carbocycles. The Labute approximate surface area is 163 Å². The Morgan fingerprint density at radius 3 is 2.04 bits per heavy atom. The first-order valence-corrected chi connectivity index (χ1v) is 10.1. The van der Waals surface area contributed by atoms with Gasteiger partial charge in [-0.1, -0.05) is 42.5 Å². The van der Waals surface area contributed by atoms with Crippen LogP contribution in [0.4, 0.5) is 5.69 Å². The summed E-state index contributed by atoms with van der Waals surface area (Å²) in [5.74, 6) is 2.16. The molecule has 2 bridgehead atoms. The SMILES string of the molecule is O=C1C2C3C=CC(C4CC34)C2C(=O)N1c1ccc(OCc2ccccc2)cc1. The topological polar surface area (TPSA) is 46.6 Å². The van der Waals surface area contributed by atoms with Crippen LogP contribution in [0.5, 0.6) is 5.75 Å². The lowest BCUT2D eigenvalue weighted by molar-refractivity contribution is -0.124. The third-order valence-corrected chi connectivity index (χ3v) is 7.01. The summed E-state index contributed by atoms with van der Waals surface area (Å²) in [6.07, 6.45) is 5.59. The van der Waals surface area contributed by atoms with Crippen LogP contribution in [0.15, 0.2) is 66.7 Å². The van der Waals surface area contributed by atoms with Crippen LogP contribution in [-0.4, -0.2) is 11.8 Å². The van der Waals surface area contributed by atoms with E-state index >= 15 is 0 Å². The van der Waals surface area contributed by atoms with Gasteiger partial charge >= 0.3 is 0 Å². The molecular weight excluding hydrogens is 350 g/mol. The minimum absolute atomic E-state index is 0.0161. The van der Waals surface area contributed by atoms with Crippen LogP contribution in [0.25, 0.3) is 0 Å². The zero-order valence-electron chi connectivity index (χ0n) is 15.4. The van der Waals surface area contributed by atoms with Gasteiger partial charge in [-0.05, 0) is 59.9 Å². The molecule has 6 atom stereocenters. The summed E-state index contributed by atoms with van der Waals surface area (Å²) in [5, 5.41) is 0. The second kappa shape index (κ2) is 5.81. The van der Waals surface area contributed by atoms with Gasteiger partial charge in [0.25, 0.3) is 0 Å². The molecule has 7 rings (SSSR count). The molecule has 3 fully saturated rings. The summed E-state index contributed by atoms with van der Waals surface area (Å²) >= 11 is 0.